The van der Waals surface area contributed by atoms with Crippen molar-refractivity contribution in [3.8, 4) is 0 Å². The molecule has 0 aromatic carbocycles. The number of fused-ring (bicyclic) bond motifs is 1. The zero-order valence-corrected chi connectivity index (χ0v) is 11.4. The second-order valence-electron chi connectivity index (χ2n) is 4.44. The number of anilines is 1. The first kappa shape index (κ1) is 11.8. The molecular formula is C12H17N5S. The van der Waals surface area contributed by atoms with Crippen molar-refractivity contribution in [3.05, 3.63) is 18.2 Å². The molecule has 0 amide bonds. The van der Waals surface area contributed by atoms with Gasteiger partial charge in [0.25, 0.3) is 0 Å². The van der Waals surface area contributed by atoms with Gasteiger partial charge in [-0.25, -0.2) is 4.98 Å². The molecule has 2 aromatic heterocycles. The quantitative estimate of drug-likeness (QED) is 0.842. The lowest BCUT2D eigenvalue weighted by Crippen LogP contribution is -2.33. The number of nitrogens with zero attached hydrogens (tertiary/aromatic N) is 5. The van der Waals surface area contributed by atoms with E-state index >= 15 is 0 Å². The van der Waals surface area contributed by atoms with E-state index in [-0.39, 0.29) is 0 Å². The van der Waals surface area contributed by atoms with E-state index in [1.807, 2.05) is 22.2 Å². The Kier molecular flexibility index (Phi) is 3.36. The summed E-state index contributed by atoms with van der Waals surface area (Å²) in [4.78, 5) is 7.14. The second-order valence-corrected chi connectivity index (χ2v) is 5.66. The van der Waals surface area contributed by atoms with E-state index in [9.17, 15) is 0 Å². The van der Waals surface area contributed by atoms with Gasteiger partial charge in [-0.1, -0.05) is 6.92 Å². The Morgan fingerprint density at radius 2 is 2.17 bits per heavy atom. The fraction of sp³-hybridized carbons (Fsp3) is 0.583. The van der Waals surface area contributed by atoms with Gasteiger partial charge in [0.2, 0.25) is 0 Å². The maximum Gasteiger partial charge on any atom is 0.165 e. The van der Waals surface area contributed by atoms with Crippen LogP contribution in [0, 0.1) is 0 Å². The summed E-state index contributed by atoms with van der Waals surface area (Å²) in [6.07, 6.45) is 3.80. The maximum absolute atomic E-state index is 4.79. The summed E-state index contributed by atoms with van der Waals surface area (Å²) in [7, 11) is 0. The summed E-state index contributed by atoms with van der Waals surface area (Å²) in [5.41, 5.74) is 0.904. The summed E-state index contributed by atoms with van der Waals surface area (Å²) in [5, 5.41) is 8.14. The first-order chi connectivity index (χ1) is 8.88. The minimum Gasteiger partial charge on any atom is -0.355 e. The van der Waals surface area contributed by atoms with Crippen molar-refractivity contribution in [2.24, 2.45) is 0 Å². The predicted octanol–water partition coefficient (Wildman–Crippen LogP) is 1.63. The molecule has 1 saturated heterocycles. The van der Waals surface area contributed by atoms with Crippen molar-refractivity contribution in [3.63, 3.8) is 0 Å². The van der Waals surface area contributed by atoms with Crippen LogP contribution in [-0.2, 0) is 6.42 Å². The van der Waals surface area contributed by atoms with Gasteiger partial charge in [0, 0.05) is 37.1 Å². The highest BCUT2D eigenvalue weighted by molar-refractivity contribution is 7.99. The molecule has 3 heterocycles. The third-order valence-corrected chi connectivity index (χ3v) is 4.11. The van der Waals surface area contributed by atoms with Gasteiger partial charge in [0.15, 0.2) is 5.65 Å². The zero-order chi connectivity index (χ0) is 12.4. The minimum absolute atomic E-state index is 0.904. The molecule has 2 aromatic rings. The highest BCUT2D eigenvalue weighted by atomic mass is 32.2. The van der Waals surface area contributed by atoms with Crippen LogP contribution in [0.5, 0.6) is 0 Å². The van der Waals surface area contributed by atoms with E-state index in [4.69, 9.17) is 4.98 Å². The Bertz CT molecular complexity index is 532. The van der Waals surface area contributed by atoms with E-state index in [1.165, 1.54) is 11.5 Å². The SMILES string of the molecule is CCCc1nc(N2CCSCC2)cc2nncn12. The lowest BCUT2D eigenvalue weighted by Gasteiger charge is -2.27. The van der Waals surface area contributed by atoms with E-state index in [1.54, 1.807) is 6.33 Å². The van der Waals surface area contributed by atoms with Gasteiger partial charge in [-0.3, -0.25) is 4.40 Å². The predicted molar refractivity (Wildman–Crippen MR) is 74.3 cm³/mol. The van der Waals surface area contributed by atoms with Crippen molar-refractivity contribution in [1.29, 1.82) is 0 Å². The smallest absolute Gasteiger partial charge is 0.165 e. The molecule has 18 heavy (non-hydrogen) atoms. The molecule has 1 aliphatic rings. The lowest BCUT2D eigenvalue weighted by molar-refractivity contribution is 0.779. The van der Waals surface area contributed by atoms with Crippen LogP contribution in [0.15, 0.2) is 12.4 Å². The molecule has 96 valence electrons. The van der Waals surface area contributed by atoms with Crippen LogP contribution < -0.4 is 4.90 Å². The van der Waals surface area contributed by atoms with E-state index in [0.717, 1.165) is 43.2 Å². The number of hydrogen-bond donors (Lipinski definition) is 0. The van der Waals surface area contributed by atoms with Gasteiger partial charge in [0.05, 0.1) is 0 Å². The van der Waals surface area contributed by atoms with Gasteiger partial charge >= 0.3 is 0 Å². The van der Waals surface area contributed by atoms with Crippen LogP contribution in [0.4, 0.5) is 5.82 Å². The van der Waals surface area contributed by atoms with Crippen LogP contribution in [0.3, 0.4) is 0 Å². The average molecular weight is 263 g/mol. The van der Waals surface area contributed by atoms with E-state index < -0.39 is 0 Å². The highest BCUT2D eigenvalue weighted by Crippen LogP contribution is 2.19. The molecule has 0 unspecified atom stereocenters. The summed E-state index contributed by atoms with van der Waals surface area (Å²) < 4.78 is 1.99. The standard InChI is InChI=1S/C12H17N5S/c1-2-3-10-14-11(16-4-6-18-7-5-16)8-12-15-13-9-17(10)12/h8-9H,2-7H2,1H3. The largest absolute Gasteiger partial charge is 0.355 e. The van der Waals surface area contributed by atoms with Crippen LogP contribution in [0.1, 0.15) is 19.2 Å². The molecule has 0 atom stereocenters. The Morgan fingerprint density at radius 3 is 2.94 bits per heavy atom. The molecule has 3 rings (SSSR count). The summed E-state index contributed by atoms with van der Waals surface area (Å²) in [6, 6.07) is 2.04. The van der Waals surface area contributed by atoms with Gasteiger partial charge < -0.3 is 4.90 Å². The maximum atomic E-state index is 4.79. The second kappa shape index (κ2) is 5.14. The highest BCUT2D eigenvalue weighted by Gasteiger charge is 2.15. The molecular weight excluding hydrogens is 246 g/mol. The third-order valence-electron chi connectivity index (χ3n) is 3.16. The first-order valence-corrected chi connectivity index (χ1v) is 7.56. The van der Waals surface area contributed by atoms with Gasteiger partial charge in [-0.15, -0.1) is 10.2 Å². The fourth-order valence-electron chi connectivity index (χ4n) is 2.23. The van der Waals surface area contributed by atoms with Crippen LogP contribution >= 0.6 is 11.8 Å². The Balaban J connectivity index is 2.00. The van der Waals surface area contributed by atoms with Crippen molar-refractivity contribution in [2.75, 3.05) is 29.5 Å². The molecule has 0 saturated carbocycles. The third kappa shape index (κ3) is 2.16. The zero-order valence-electron chi connectivity index (χ0n) is 10.5. The van der Waals surface area contributed by atoms with Crippen LogP contribution in [0.2, 0.25) is 0 Å². The van der Waals surface area contributed by atoms with Gasteiger partial charge in [-0.05, 0) is 6.42 Å². The molecule has 5 nitrogen and oxygen atoms in total. The van der Waals surface area contributed by atoms with E-state index in [2.05, 4.69) is 22.0 Å². The van der Waals surface area contributed by atoms with Crippen molar-refractivity contribution >= 4 is 23.2 Å². The summed E-state index contributed by atoms with van der Waals surface area (Å²) >= 11 is 2.01. The number of thioether (sulfide) groups is 1. The molecule has 0 spiro atoms. The summed E-state index contributed by atoms with van der Waals surface area (Å²) in [6.45, 7) is 4.32. The molecule has 1 aliphatic heterocycles. The summed E-state index contributed by atoms with van der Waals surface area (Å²) in [5.74, 6) is 4.48. The Hall–Kier alpha value is -1.30. The number of rotatable bonds is 3. The fourth-order valence-corrected chi connectivity index (χ4v) is 3.13. The Morgan fingerprint density at radius 1 is 1.33 bits per heavy atom. The van der Waals surface area contributed by atoms with E-state index in [0.29, 0.717) is 0 Å². The van der Waals surface area contributed by atoms with Crippen LogP contribution in [-0.4, -0.2) is 44.2 Å². The minimum atomic E-state index is 0.904. The monoisotopic (exact) mass is 263 g/mol. The average Bonchev–Trinajstić information content (AvgIpc) is 2.88. The van der Waals surface area contributed by atoms with Crippen LogP contribution in [0.25, 0.3) is 5.65 Å². The number of aromatic nitrogens is 4. The molecule has 0 aliphatic carbocycles. The molecule has 0 radical (unpaired) electrons. The number of aryl methyl sites for hydroxylation is 1. The molecule has 6 heteroatoms. The van der Waals surface area contributed by atoms with Gasteiger partial charge in [-0.2, -0.15) is 11.8 Å². The molecule has 0 bridgehead atoms. The normalized spacial score (nSPS) is 16.4. The van der Waals surface area contributed by atoms with Crippen molar-refractivity contribution in [2.45, 2.75) is 19.8 Å². The van der Waals surface area contributed by atoms with Crippen molar-refractivity contribution < 1.29 is 0 Å². The molecule has 0 N–H and O–H groups in total. The van der Waals surface area contributed by atoms with Gasteiger partial charge in [0.1, 0.15) is 18.0 Å². The van der Waals surface area contributed by atoms with Crippen molar-refractivity contribution in [1.82, 2.24) is 19.6 Å². The number of hydrogen-bond acceptors (Lipinski definition) is 5. The first-order valence-electron chi connectivity index (χ1n) is 6.41. The lowest BCUT2D eigenvalue weighted by atomic mass is 10.3. The molecule has 1 fully saturated rings. The topological polar surface area (TPSA) is 46.3 Å². The Labute approximate surface area is 111 Å².